The smallest absolute Gasteiger partial charge is 0.260 e. The van der Waals surface area contributed by atoms with Crippen LogP contribution in [0.3, 0.4) is 0 Å². The van der Waals surface area contributed by atoms with Gasteiger partial charge in [-0.1, -0.05) is 17.3 Å². The Morgan fingerprint density at radius 1 is 1.30 bits per heavy atom. The second-order valence-electron chi connectivity index (χ2n) is 6.07. The highest BCUT2D eigenvalue weighted by Gasteiger charge is 2.34. The number of halogens is 1. The number of amides is 1. The van der Waals surface area contributed by atoms with Crippen LogP contribution in [0.2, 0.25) is 0 Å². The maximum absolute atomic E-state index is 13.4. The summed E-state index contributed by atoms with van der Waals surface area (Å²) < 4.78 is 20.5. The van der Waals surface area contributed by atoms with E-state index >= 15 is 0 Å². The number of hydrogen-bond acceptors (Lipinski definition) is 4. The predicted octanol–water partition coefficient (Wildman–Crippen LogP) is 1.76. The van der Waals surface area contributed by atoms with Gasteiger partial charge >= 0.3 is 0 Å². The van der Waals surface area contributed by atoms with Crippen molar-refractivity contribution in [3.05, 3.63) is 42.0 Å². The molecule has 1 aliphatic heterocycles. The van der Waals surface area contributed by atoms with E-state index < -0.39 is 5.82 Å². The van der Waals surface area contributed by atoms with E-state index in [1.54, 1.807) is 17.0 Å². The Kier molecular flexibility index (Phi) is 3.48. The van der Waals surface area contributed by atoms with Crippen molar-refractivity contribution in [3.8, 4) is 5.75 Å². The fourth-order valence-electron chi connectivity index (χ4n) is 2.65. The first-order valence-electron chi connectivity index (χ1n) is 7.77. The van der Waals surface area contributed by atoms with Gasteiger partial charge in [0, 0.05) is 25.2 Å². The lowest BCUT2D eigenvalue weighted by molar-refractivity contribution is -0.139. The van der Waals surface area contributed by atoms with Crippen LogP contribution < -0.4 is 4.74 Å². The maximum atomic E-state index is 13.4. The van der Waals surface area contributed by atoms with Gasteiger partial charge in [-0.3, -0.25) is 4.79 Å². The van der Waals surface area contributed by atoms with Crippen LogP contribution in [0.25, 0.3) is 0 Å². The Bertz CT molecular complexity index is 722. The monoisotopic (exact) mass is 316 g/mol. The zero-order chi connectivity index (χ0) is 15.8. The predicted molar refractivity (Wildman–Crippen MR) is 79.5 cm³/mol. The van der Waals surface area contributed by atoms with Crippen LogP contribution in [0.5, 0.6) is 5.75 Å². The fourth-order valence-corrected chi connectivity index (χ4v) is 2.65. The molecule has 0 N–H and O–H groups in total. The Morgan fingerprint density at radius 3 is 2.83 bits per heavy atom. The molecule has 1 saturated heterocycles. The van der Waals surface area contributed by atoms with Crippen LogP contribution >= 0.6 is 0 Å². The van der Waals surface area contributed by atoms with E-state index in [0.29, 0.717) is 19.0 Å². The van der Waals surface area contributed by atoms with Crippen LogP contribution in [-0.4, -0.2) is 45.5 Å². The van der Waals surface area contributed by atoms with Crippen molar-refractivity contribution in [1.29, 1.82) is 0 Å². The minimum Gasteiger partial charge on any atom is -0.481 e. The van der Waals surface area contributed by atoms with Crippen LogP contribution in [0.15, 0.2) is 30.5 Å². The number of rotatable bonds is 5. The summed E-state index contributed by atoms with van der Waals surface area (Å²) in [4.78, 5) is 13.7. The molecule has 0 spiro atoms. The van der Waals surface area contributed by atoms with Gasteiger partial charge in [0.15, 0.2) is 18.2 Å². The highest BCUT2D eigenvalue weighted by atomic mass is 19.1. The van der Waals surface area contributed by atoms with Crippen molar-refractivity contribution < 1.29 is 13.9 Å². The Labute approximate surface area is 132 Å². The molecule has 120 valence electrons. The first-order chi connectivity index (χ1) is 11.2. The van der Waals surface area contributed by atoms with Gasteiger partial charge in [-0.25, -0.2) is 9.07 Å². The molecule has 1 aromatic heterocycles. The summed E-state index contributed by atoms with van der Waals surface area (Å²) in [5.41, 5.74) is 1.05. The molecule has 1 amide bonds. The highest BCUT2D eigenvalue weighted by molar-refractivity contribution is 5.78. The van der Waals surface area contributed by atoms with Crippen molar-refractivity contribution in [3.63, 3.8) is 0 Å². The van der Waals surface area contributed by atoms with E-state index in [9.17, 15) is 9.18 Å². The first kappa shape index (κ1) is 14.2. The highest BCUT2D eigenvalue weighted by Crippen LogP contribution is 2.39. The molecule has 1 aromatic carbocycles. The molecule has 2 aromatic rings. The molecule has 0 unspecified atom stereocenters. The van der Waals surface area contributed by atoms with E-state index in [4.69, 9.17) is 4.74 Å². The molecule has 23 heavy (non-hydrogen) atoms. The summed E-state index contributed by atoms with van der Waals surface area (Å²) >= 11 is 0. The zero-order valence-corrected chi connectivity index (χ0v) is 12.6. The van der Waals surface area contributed by atoms with Gasteiger partial charge in [0.2, 0.25) is 0 Å². The summed E-state index contributed by atoms with van der Waals surface area (Å²) in [5, 5.41) is 8.33. The third-order valence-electron chi connectivity index (χ3n) is 4.30. The Hall–Kier alpha value is -2.44. The fraction of sp³-hybridized carbons (Fsp3) is 0.438. The second kappa shape index (κ2) is 5.64. The largest absolute Gasteiger partial charge is 0.481 e. The maximum Gasteiger partial charge on any atom is 0.260 e. The topological polar surface area (TPSA) is 60.2 Å². The van der Waals surface area contributed by atoms with Crippen molar-refractivity contribution in [2.24, 2.45) is 0 Å². The molecule has 7 heteroatoms. The molecule has 2 heterocycles. The van der Waals surface area contributed by atoms with Crippen LogP contribution in [0.4, 0.5) is 4.39 Å². The van der Waals surface area contributed by atoms with Crippen molar-refractivity contribution >= 4 is 5.91 Å². The quantitative estimate of drug-likeness (QED) is 0.843. The van der Waals surface area contributed by atoms with Crippen LogP contribution in [0.1, 0.15) is 30.5 Å². The summed E-state index contributed by atoms with van der Waals surface area (Å²) in [5.74, 6) is 0.0723. The molecule has 0 atom stereocenters. The summed E-state index contributed by atoms with van der Waals surface area (Å²) in [6.45, 7) is 1.03. The molecule has 0 bridgehead atoms. The third kappa shape index (κ3) is 2.91. The number of ether oxygens (including phenoxy) is 1. The van der Waals surface area contributed by atoms with E-state index in [1.165, 1.54) is 25.0 Å². The van der Waals surface area contributed by atoms with E-state index in [1.807, 2.05) is 10.9 Å². The molecule has 1 aliphatic carbocycles. The van der Waals surface area contributed by atoms with E-state index in [2.05, 4.69) is 10.3 Å². The van der Waals surface area contributed by atoms with Crippen molar-refractivity contribution in [1.82, 2.24) is 19.9 Å². The lowest BCUT2D eigenvalue weighted by Gasteiger charge is -2.38. The lowest BCUT2D eigenvalue weighted by Crippen LogP contribution is -2.52. The molecule has 2 fully saturated rings. The van der Waals surface area contributed by atoms with Gasteiger partial charge in [0.25, 0.3) is 5.91 Å². The van der Waals surface area contributed by atoms with E-state index in [-0.39, 0.29) is 24.3 Å². The second-order valence-corrected chi connectivity index (χ2v) is 6.07. The standard InChI is InChI=1S/C16H17FN4O2/c17-13-3-1-2-4-15(13)23-10-16(22)20-7-12(8-20)21-9-14(18-19-21)11-5-6-11/h1-4,9,11-12H,5-8,10H2. The van der Waals surface area contributed by atoms with Crippen LogP contribution in [0, 0.1) is 5.82 Å². The normalized spacial score (nSPS) is 17.9. The zero-order valence-electron chi connectivity index (χ0n) is 12.6. The van der Waals surface area contributed by atoms with Gasteiger partial charge in [-0.05, 0) is 25.0 Å². The summed E-state index contributed by atoms with van der Waals surface area (Å²) in [6.07, 6.45) is 4.38. The Morgan fingerprint density at radius 2 is 2.09 bits per heavy atom. The molecule has 6 nitrogen and oxygen atoms in total. The number of carbonyl (C=O) groups excluding carboxylic acids is 1. The SMILES string of the molecule is O=C(COc1ccccc1F)N1CC(n2cc(C3CC3)nn2)C1. The minimum atomic E-state index is -0.461. The number of para-hydroxylation sites is 1. The van der Waals surface area contributed by atoms with E-state index in [0.717, 1.165) is 5.69 Å². The molecule has 4 rings (SSSR count). The van der Waals surface area contributed by atoms with Crippen molar-refractivity contribution in [2.45, 2.75) is 24.8 Å². The minimum absolute atomic E-state index is 0.100. The Balaban J connectivity index is 1.27. The van der Waals surface area contributed by atoms with Crippen molar-refractivity contribution in [2.75, 3.05) is 19.7 Å². The third-order valence-corrected chi connectivity index (χ3v) is 4.30. The van der Waals surface area contributed by atoms with Gasteiger partial charge in [-0.2, -0.15) is 0 Å². The number of nitrogens with zero attached hydrogens (tertiary/aromatic N) is 4. The molecule has 2 aliphatic rings. The summed E-state index contributed by atoms with van der Waals surface area (Å²) in [7, 11) is 0. The molecular formula is C16H17FN4O2. The molecule has 0 radical (unpaired) electrons. The van der Waals surface area contributed by atoms with Gasteiger partial charge in [0.05, 0.1) is 11.7 Å². The first-order valence-corrected chi connectivity index (χ1v) is 7.77. The van der Waals surface area contributed by atoms with Gasteiger partial charge < -0.3 is 9.64 Å². The average molecular weight is 316 g/mol. The van der Waals surface area contributed by atoms with Gasteiger partial charge in [-0.15, -0.1) is 5.10 Å². The van der Waals surface area contributed by atoms with Gasteiger partial charge in [0.1, 0.15) is 0 Å². The molecule has 1 saturated carbocycles. The number of hydrogen-bond donors (Lipinski definition) is 0. The number of carbonyl (C=O) groups is 1. The number of aromatic nitrogens is 3. The van der Waals surface area contributed by atoms with Crippen LogP contribution in [-0.2, 0) is 4.79 Å². The average Bonchev–Trinajstić information content (AvgIpc) is 3.24. The summed E-state index contributed by atoms with van der Waals surface area (Å²) in [6, 6.07) is 6.24. The lowest BCUT2D eigenvalue weighted by atomic mass is 10.1. The number of likely N-dealkylation sites (tertiary alicyclic amines) is 1. The number of benzene rings is 1. The molecular weight excluding hydrogens is 299 g/mol.